The van der Waals surface area contributed by atoms with E-state index in [9.17, 15) is 0 Å². The van der Waals surface area contributed by atoms with Gasteiger partial charge in [0.15, 0.2) is 0 Å². The quantitative estimate of drug-likeness (QED) is 0.171. The van der Waals surface area contributed by atoms with Crippen LogP contribution in [0.1, 0.15) is 115 Å². The Morgan fingerprint density at radius 2 is 1.17 bits per heavy atom. The summed E-state index contributed by atoms with van der Waals surface area (Å²) >= 11 is 1.96. The third kappa shape index (κ3) is 5.38. The van der Waals surface area contributed by atoms with Gasteiger partial charge in [0.1, 0.15) is 0 Å². The lowest BCUT2D eigenvalue weighted by atomic mass is 9.37. The van der Waals surface area contributed by atoms with Crippen molar-refractivity contribution in [1.82, 2.24) is 0 Å². The normalized spacial score (nSPS) is 17.0. The predicted molar refractivity (Wildman–Crippen MR) is 210 cm³/mol. The lowest BCUT2D eigenvalue weighted by molar-refractivity contribution is 0.332. The Hall–Kier alpha value is -3.30. The highest BCUT2D eigenvalue weighted by Gasteiger charge is 2.41. The number of thiophene rings is 1. The molecule has 4 aromatic carbocycles. The summed E-state index contributed by atoms with van der Waals surface area (Å²) in [7, 11) is 0. The lowest BCUT2D eigenvalue weighted by Gasteiger charge is -2.44. The van der Waals surface area contributed by atoms with E-state index in [-0.39, 0.29) is 28.4 Å². The standard InChI is InChI=1S/C44H52BNS/c1-27-13-16-34-37(21-27)46(36-26-33-32(22-28(36)2)43(9,10)19-20-44(33,11)12)38-25-31(42(6,7)8)14-17-35(38)45(34)40-24-29-23-30(41(3,4)5)15-18-39(29)47-40/h13-18,21-26H,19-20H2,1-12H3. The number of fused-ring (bicyclic) bond motifs is 4. The third-order valence-electron chi connectivity index (χ3n) is 11.3. The van der Waals surface area contributed by atoms with Crippen molar-refractivity contribution in [3.05, 3.63) is 106 Å². The van der Waals surface area contributed by atoms with Crippen LogP contribution < -0.4 is 20.6 Å². The molecule has 0 N–H and O–H groups in total. The van der Waals surface area contributed by atoms with Crippen molar-refractivity contribution in [1.29, 1.82) is 0 Å². The predicted octanol–water partition coefficient (Wildman–Crippen LogP) is 10.8. The van der Waals surface area contributed by atoms with Crippen LogP contribution in [0.15, 0.2) is 72.8 Å². The number of hydrogen-bond acceptors (Lipinski definition) is 2. The van der Waals surface area contributed by atoms with Gasteiger partial charge < -0.3 is 4.90 Å². The highest BCUT2D eigenvalue weighted by molar-refractivity contribution is 7.32. The van der Waals surface area contributed by atoms with Crippen molar-refractivity contribution < 1.29 is 0 Å². The van der Waals surface area contributed by atoms with Gasteiger partial charge >= 0.3 is 0 Å². The summed E-state index contributed by atoms with van der Waals surface area (Å²) in [4.78, 5) is 2.63. The van der Waals surface area contributed by atoms with Crippen LogP contribution in [0.3, 0.4) is 0 Å². The molecule has 0 unspecified atom stereocenters. The summed E-state index contributed by atoms with van der Waals surface area (Å²) < 4.78 is 2.79. The Morgan fingerprint density at radius 1 is 0.617 bits per heavy atom. The van der Waals surface area contributed by atoms with Crippen LogP contribution in [0.25, 0.3) is 10.1 Å². The van der Waals surface area contributed by atoms with E-state index in [2.05, 4.69) is 161 Å². The zero-order chi connectivity index (χ0) is 33.8. The molecule has 1 aliphatic heterocycles. The number of benzene rings is 4. The molecule has 0 bridgehead atoms. The molecule has 2 aliphatic rings. The second-order valence-electron chi connectivity index (χ2n) is 18.0. The van der Waals surface area contributed by atoms with Crippen LogP contribution in [-0.4, -0.2) is 6.71 Å². The zero-order valence-electron chi connectivity index (χ0n) is 30.8. The first-order chi connectivity index (χ1) is 21.8. The molecule has 5 aromatic rings. The van der Waals surface area contributed by atoms with E-state index in [4.69, 9.17) is 0 Å². The van der Waals surface area contributed by atoms with Gasteiger partial charge in [-0.15, -0.1) is 11.3 Å². The van der Waals surface area contributed by atoms with Gasteiger partial charge in [0, 0.05) is 21.8 Å². The van der Waals surface area contributed by atoms with Gasteiger partial charge in [-0.2, -0.15) is 0 Å². The molecule has 0 spiro atoms. The largest absolute Gasteiger partial charge is 0.311 e. The molecule has 0 saturated carbocycles. The summed E-state index contributed by atoms with van der Waals surface area (Å²) in [6.45, 7) is 28.5. The number of anilines is 3. The fourth-order valence-electron chi connectivity index (χ4n) is 8.03. The van der Waals surface area contributed by atoms with Crippen LogP contribution in [0, 0.1) is 13.8 Å². The average Bonchev–Trinajstić information content (AvgIpc) is 3.40. The topological polar surface area (TPSA) is 3.24 Å². The first kappa shape index (κ1) is 32.3. The van der Waals surface area contributed by atoms with E-state index >= 15 is 0 Å². The zero-order valence-corrected chi connectivity index (χ0v) is 31.6. The minimum atomic E-state index is 0.0426. The van der Waals surface area contributed by atoms with Gasteiger partial charge in [-0.05, 0) is 139 Å². The Bertz CT molecular complexity index is 2040. The Balaban J connectivity index is 1.51. The minimum absolute atomic E-state index is 0.0426. The van der Waals surface area contributed by atoms with Crippen LogP contribution in [-0.2, 0) is 21.7 Å². The lowest BCUT2D eigenvalue weighted by Crippen LogP contribution is -2.56. The molecule has 2 heterocycles. The van der Waals surface area contributed by atoms with Crippen LogP contribution in [0.4, 0.5) is 17.1 Å². The van der Waals surface area contributed by atoms with Gasteiger partial charge in [0.25, 0.3) is 6.71 Å². The van der Waals surface area contributed by atoms with Crippen molar-refractivity contribution in [3.63, 3.8) is 0 Å². The molecule has 0 amide bonds. The molecule has 0 fully saturated rings. The highest BCUT2D eigenvalue weighted by Crippen LogP contribution is 2.50. The smallest absolute Gasteiger partial charge is 0.259 e. The number of rotatable bonds is 2. The van der Waals surface area contributed by atoms with E-state index < -0.39 is 0 Å². The van der Waals surface area contributed by atoms with Crippen LogP contribution in [0.5, 0.6) is 0 Å². The average molecular weight is 638 g/mol. The van der Waals surface area contributed by atoms with Gasteiger partial charge in [-0.25, -0.2) is 0 Å². The number of nitrogens with zero attached hydrogens (tertiary/aromatic N) is 1. The second kappa shape index (κ2) is 10.6. The molecule has 242 valence electrons. The molecule has 1 aliphatic carbocycles. The summed E-state index contributed by atoms with van der Waals surface area (Å²) in [5.41, 5.74) is 15.7. The van der Waals surface area contributed by atoms with E-state index in [1.165, 1.54) is 89.1 Å². The van der Waals surface area contributed by atoms with Gasteiger partial charge in [0.2, 0.25) is 0 Å². The van der Waals surface area contributed by atoms with Crippen LogP contribution >= 0.6 is 11.3 Å². The van der Waals surface area contributed by atoms with E-state index in [0.717, 1.165) is 0 Å². The van der Waals surface area contributed by atoms with E-state index in [1.807, 2.05) is 11.3 Å². The molecule has 0 radical (unpaired) electrons. The minimum Gasteiger partial charge on any atom is -0.311 e. The Labute approximate surface area is 288 Å². The van der Waals surface area contributed by atoms with Gasteiger partial charge in [-0.1, -0.05) is 106 Å². The summed E-state index contributed by atoms with van der Waals surface area (Å²) in [6.07, 6.45) is 2.43. The first-order valence-corrected chi connectivity index (χ1v) is 18.4. The molecule has 3 heteroatoms. The van der Waals surface area contributed by atoms with Crippen molar-refractivity contribution in [2.75, 3.05) is 4.90 Å². The maximum atomic E-state index is 2.63. The maximum Gasteiger partial charge on any atom is 0.259 e. The summed E-state index contributed by atoms with van der Waals surface area (Å²) in [6, 6.07) is 29.2. The SMILES string of the molecule is Cc1ccc2c(c1)N(c1cc3c(cc1C)C(C)(C)CCC3(C)C)c1cc(C(C)(C)C)ccc1B2c1cc2cc(C(C)(C)C)ccc2s1. The van der Waals surface area contributed by atoms with E-state index in [0.29, 0.717) is 0 Å². The van der Waals surface area contributed by atoms with Crippen molar-refractivity contribution in [2.45, 2.75) is 118 Å². The summed E-state index contributed by atoms with van der Waals surface area (Å²) in [5, 5.41) is 1.36. The number of hydrogen-bond donors (Lipinski definition) is 0. The van der Waals surface area contributed by atoms with E-state index in [1.54, 1.807) is 0 Å². The molecule has 0 atom stereocenters. The molecule has 7 rings (SSSR count). The molecule has 1 aromatic heterocycles. The molecule has 0 saturated heterocycles. The fourth-order valence-corrected chi connectivity index (χ4v) is 9.21. The third-order valence-corrected chi connectivity index (χ3v) is 12.5. The van der Waals surface area contributed by atoms with Crippen molar-refractivity contribution in [3.8, 4) is 0 Å². The van der Waals surface area contributed by atoms with Gasteiger partial charge in [-0.3, -0.25) is 0 Å². The van der Waals surface area contributed by atoms with Gasteiger partial charge in [0.05, 0.1) is 0 Å². The summed E-state index contributed by atoms with van der Waals surface area (Å²) in [5.74, 6) is 0. The molecular formula is C44H52BNS. The Morgan fingerprint density at radius 3 is 1.81 bits per heavy atom. The first-order valence-electron chi connectivity index (χ1n) is 17.6. The molecule has 1 nitrogen and oxygen atoms in total. The molecular weight excluding hydrogens is 585 g/mol. The second-order valence-corrected chi connectivity index (χ2v) is 19.1. The maximum absolute atomic E-state index is 2.63. The van der Waals surface area contributed by atoms with Crippen molar-refractivity contribution in [2.24, 2.45) is 0 Å². The Kier molecular flexibility index (Phi) is 7.28. The monoisotopic (exact) mass is 637 g/mol. The highest BCUT2D eigenvalue weighted by atomic mass is 32.1. The van der Waals surface area contributed by atoms with Crippen molar-refractivity contribution >= 4 is 60.9 Å². The molecule has 47 heavy (non-hydrogen) atoms. The fraction of sp³-hybridized carbons (Fsp3) is 0.409. The van der Waals surface area contributed by atoms with Crippen LogP contribution in [0.2, 0.25) is 0 Å². The number of aryl methyl sites for hydroxylation is 2.